The Kier molecular flexibility index (Phi) is 4.80. The molecule has 0 aliphatic carbocycles. The molecular formula is C12H19N7O. The molecule has 108 valence electrons. The van der Waals surface area contributed by atoms with E-state index in [4.69, 9.17) is 4.74 Å². The normalized spacial score (nSPS) is 12.2. The van der Waals surface area contributed by atoms with Gasteiger partial charge in [0.2, 0.25) is 5.95 Å². The molecule has 0 bridgehead atoms. The smallest absolute Gasteiger partial charge is 0.323 e. The summed E-state index contributed by atoms with van der Waals surface area (Å²) >= 11 is 0. The first-order valence-corrected chi connectivity index (χ1v) is 6.74. The van der Waals surface area contributed by atoms with Crippen molar-refractivity contribution in [1.82, 2.24) is 29.7 Å². The minimum atomic E-state index is 0.0417. The van der Waals surface area contributed by atoms with Crippen LogP contribution in [0.1, 0.15) is 33.6 Å². The third-order valence-electron chi connectivity index (χ3n) is 2.64. The Bertz CT molecular complexity index is 529. The molecule has 0 radical (unpaired) electrons. The molecule has 1 atom stereocenters. The quantitative estimate of drug-likeness (QED) is 0.819. The van der Waals surface area contributed by atoms with Gasteiger partial charge in [0.25, 0.3) is 5.95 Å². The van der Waals surface area contributed by atoms with E-state index < -0.39 is 0 Å². The first-order chi connectivity index (χ1) is 9.72. The fourth-order valence-corrected chi connectivity index (χ4v) is 1.39. The highest BCUT2D eigenvalue weighted by Crippen LogP contribution is 2.12. The summed E-state index contributed by atoms with van der Waals surface area (Å²) in [5.74, 6) is 0.861. The van der Waals surface area contributed by atoms with Crippen LogP contribution in [0.3, 0.4) is 0 Å². The van der Waals surface area contributed by atoms with Gasteiger partial charge in [-0.3, -0.25) is 0 Å². The Morgan fingerprint density at radius 1 is 1.30 bits per heavy atom. The summed E-state index contributed by atoms with van der Waals surface area (Å²) < 4.78 is 7.13. The molecule has 2 aromatic heterocycles. The fourth-order valence-electron chi connectivity index (χ4n) is 1.39. The second kappa shape index (κ2) is 6.78. The molecule has 2 aromatic rings. The van der Waals surface area contributed by atoms with Gasteiger partial charge in [0.15, 0.2) is 0 Å². The van der Waals surface area contributed by atoms with Crippen molar-refractivity contribution in [1.29, 1.82) is 0 Å². The lowest BCUT2D eigenvalue weighted by atomic mass is 10.3. The van der Waals surface area contributed by atoms with Gasteiger partial charge in [-0.15, -0.1) is 0 Å². The summed E-state index contributed by atoms with van der Waals surface area (Å²) in [6.07, 6.45) is 4.86. The average Bonchev–Trinajstić information content (AvgIpc) is 2.99. The van der Waals surface area contributed by atoms with Crippen LogP contribution in [-0.2, 0) is 0 Å². The second-order valence-electron chi connectivity index (χ2n) is 4.35. The molecule has 1 unspecified atom stereocenters. The molecule has 20 heavy (non-hydrogen) atoms. The zero-order chi connectivity index (χ0) is 14.4. The second-order valence-corrected chi connectivity index (χ2v) is 4.35. The topological polar surface area (TPSA) is 90.6 Å². The molecule has 2 rings (SSSR count). The summed E-state index contributed by atoms with van der Waals surface area (Å²) in [4.78, 5) is 16.7. The van der Waals surface area contributed by atoms with Crippen molar-refractivity contribution in [2.75, 3.05) is 11.9 Å². The van der Waals surface area contributed by atoms with E-state index in [1.165, 1.54) is 17.3 Å². The predicted octanol–water partition coefficient (Wildman–Crippen LogP) is 1.45. The minimum absolute atomic E-state index is 0.0417. The van der Waals surface area contributed by atoms with Crippen LogP contribution < -0.4 is 10.1 Å². The van der Waals surface area contributed by atoms with Crippen molar-refractivity contribution in [3.05, 3.63) is 12.7 Å². The van der Waals surface area contributed by atoms with Crippen LogP contribution in [0, 0.1) is 0 Å². The maximum Gasteiger partial charge on any atom is 0.323 e. The van der Waals surface area contributed by atoms with Gasteiger partial charge in [-0.25, -0.2) is 4.98 Å². The van der Waals surface area contributed by atoms with Gasteiger partial charge in [-0.05, 0) is 19.8 Å². The summed E-state index contributed by atoms with van der Waals surface area (Å²) in [6.45, 7) is 6.87. The minimum Gasteiger partial charge on any atom is -0.460 e. The lowest BCUT2D eigenvalue weighted by Gasteiger charge is -2.12. The van der Waals surface area contributed by atoms with Gasteiger partial charge in [-0.2, -0.15) is 24.7 Å². The Morgan fingerprint density at radius 2 is 2.15 bits per heavy atom. The maximum absolute atomic E-state index is 5.66. The van der Waals surface area contributed by atoms with Crippen LogP contribution >= 0.6 is 0 Å². The van der Waals surface area contributed by atoms with E-state index in [1.807, 2.05) is 13.8 Å². The number of hydrogen-bond acceptors (Lipinski definition) is 7. The van der Waals surface area contributed by atoms with Gasteiger partial charge < -0.3 is 10.1 Å². The van der Waals surface area contributed by atoms with Gasteiger partial charge in [0.05, 0.1) is 6.10 Å². The number of nitrogens with zero attached hydrogens (tertiary/aromatic N) is 6. The molecule has 0 amide bonds. The highest BCUT2D eigenvalue weighted by molar-refractivity contribution is 5.29. The third kappa shape index (κ3) is 3.62. The molecular weight excluding hydrogens is 258 g/mol. The van der Waals surface area contributed by atoms with Crippen molar-refractivity contribution in [3.8, 4) is 12.0 Å². The summed E-state index contributed by atoms with van der Waals surface area (Å²) in [5, 5.41) is 7.14. The van der Waals surface area contributed by atoms with Crippen LogP contribution in [0.2, 0.25) is 0 Å². The molecule has 0 saturated heterocycles. The van der Waals surface area contributed by atoms with Crippen molar-refractivity contribution >= 4 is 5.95 Å². The standard InChI is InChI=1S/C12H19N7O/c1-4-6-14-10-16-11(19-8-13-7-15-19)18-12(17-10)20-9(3)5-2/h7-9H,4-6H2,1-3H3,(H,14,16,17,18). The van der Waals surface area contributed by atoms with Crippen molar-refractivity contribution in [2.45, 2.75) is 39.7 Å². The van der Waals surface area contributed by atoms with Crippen LogP contribution in [0.15, 0.2) is 12.7 Å². The van der Waals surface area contributed by atoms with Crippen LogP contribution in [0.4, 0.5) is 5.95 Å². The van der Waals surface area contributed by atoms with Gasteiger partial charge in [0.1, 0.15) is 12.7 Å². The van der Waals surface area contributed by atoms with E-state index in [2.05, 4.69) is 37.3 Å². The van der Waals surface area contributed by atoms with Gasteiger partial charge >= 0.3 is 6.01 Å². The van der Waals surface area contributed by atoms with E-state index in [0.717, 1.165) is 19.4 Å². The van der Waals surface area contributed by atoms with Gasteiger partial charge in [0, 0.05) is 6.54 Å². The molecule has 0 saturated carbocycles. The Balaban J connectivity index is 2.28. The highest BCUT2D eigenvalue weighted by Gasteiger charge is 2.11. The first-order valence-electron chi connectivity index (χ1n) is 6.74. The molecule has 0 aliphatic rings. The summed E-state index contributed by atoms with van der Waals surface area (Å²) in [7, 11) is 0. The van der Waals surface area contributed by atoms with E-state index >= 15 is 0 Å². The fraction of sp³-hybridized carbons (Fsp3) is 0.583. The molecule has 0 aliphatic heterocycles. The predicted molar refractivity (Wildman–Crippen MR) is 73.9 cm³/mol. The van der Waals surface area contributed by atoms with Crippen molar-refractivity contribution < 1.29 is 4.74 Å². The lowest BCUT2D eigenvalue weighted by molar-refractivity contribution is 0.198. The molecule has 0 fully saturated rings. The lowest BCUT2D eigenvalue weighted by Crippen LogP contribution is -2.16. The summed E-state index contributed by atoms with van der Waals surface area (Å²) in [5.41, 5.74) is 0. The van der Waals surface area contributed by atoms with E-state index in [1.54, 1.807) is 0 Å². The highest BCUT2D eigenvalue weighted by atomic mass is 16.5. The largest absolute Gasteiger partial charge is 0.460 e. The maximum atomic E-state index is 5.66. The van der Waals surface area contributed by atoms with Crippen molar-refractivity contribution in [2.24, 2.45) is 0 Å². The molecule has 1 N–H and O–H groups in total. The number of nitrogens with one attached hydrogen (secondary N) is 1. The number of anilines is 1. The van der Waals surface area contributed by atoms with E-state index in [0.29, 0.717) is 17.9 Å². The number of aromatic nitrogens is 6. The van der Waals surface area contributed by atoms with Crippen LogP contribution in [-0.4, -0.2) is 42.4 Å². The SMILES string of the molecule is CCCNc1nc(OC(C)CC)nc(-n2cncn2)n1. The van der Waals surface area contributed by atoms with Gasteiger partial charge in [-0.1, -0.05) is 13.8 Å². The van der Waals surface area contributed by atoms with Crippen molar-refractivity contribution in [3.63, 3.8) is 0 Å². The molecule has 0 spiro atoms. The van der Waals surface area contributed by atoms with Crippen LogP contribution in [0.25, 0.3) is 5.95 Å². The van der Waals surface area contributed by atoms with Crippen LogP contribution in [0.5, 0.6) is 6.01 Å². The monoisotopic (exact) mass is 277 g/mol. The third-order valence-corrected chi connectivity index (χ3v) is 2.64. The zero-order valence-electron chi connectivity index (χ0n) is 11.9. The molecule has 0 aromatic carbocycles. The zero-order valence-corrected chi connectivity index (χ0v) is 11.9. The Morgan fingerprint density at radius 3 is 2.80 bits per heavy atom. The molecule has 8 nitrogen and oxygen atoms in total. The summed E-state index contributed by atoms with van der Waals surface area (Å²) in [6, 6.07) is 0.290. The van der Waals surface area contributed by atoms with E-state index in [-0.39, 0.29) is 6.10 Å². The number of rotatable bonds is 7. The molecule has 8 heteroatoms. The Hall–Kier alpha value is -2.25. The van der Waals surface area contributed by atoms with E-state index in [9.17, 15) is 0 Å². The Labute approximate surface area is 117 Å². The average molecular weight is 277 g/mol. The first kappa shape index (κ1) is 14.2. The number of ether oxygens (including phenoxy) is 1. The molecule has 2 heterocycles. The number of hydrogen-bond donors (Lipinski definition) is 1.